The van der Waals surface area contributed by atoms with Gasteiger partial charge in [0.1, 0.15) is 5.82 Å². The third kappa shape index (κ3) is 3.13. The van der Waals surface area contributed by atoms with E-state index in [0.717, 1.165) is 17.5 Å². The number of aromatic nitrogens is 4. The first-order valence-corrected chi connectivity index (χ1v) is 7.36. The summed E-state index contributed by atoms with van der Waals surface area (Å²) < 4.78 is 0. The highest BCUT2D eigenvalue weighted by Crippen LogP contribution is 2.24. The smallest absolute Gasteiger partial charge is 0.226 e. The Morgan fingerprint density at radius 2 is 2.00 bits per heavy atom. The minimum atomic E-state index is 0.189. The number of hydrogen-bond acceptors (Lipinski definition) is 4. The molecule has 0 amide bonds. The van der Waals surface area contributed by atoms with Gasteiger partial charge in [0, 0.05) is 5.69 Å². The Hall–Kier alpha value is -2.14. The number of halogens is 1. The highest BCUT2D eigenvalue weighted by molar-refractivity contribution is 6.28. The van der Waals surface area contributed by atoms with Crippen LogP contribution in [0.3, 0.4) is 0 Å². The van der Waals surface area contributed by atoms with E-state index >= 15 is 0 Å². The molecule has 108 valence electrons. The summed E-state index contributed by atoms with van der Waals surface area (Å²) in [5, 5.41) is 11.0. The number of aryl methyl sites for hydroxylation is 1. The molecule has 2 N–H and O–H groups in total. The summed E-state index contributed by atoms with van der Waals surface area (Å²) in [5.74, 6) is 0.653. The zero-order valence-electron chi connectivity index (χ0n) is 11.7. The predicted molar refractivity (Wildman–Crippen MR) is 85.0 cm³/mol. The maximum Gasteiger partial charge on any atom is 0.226 e. The summed E-state index contributed by atoms with van der Waals surface area (Å²) in [5.41, 5.74) is 2.93. The third-order valence-corrected chi connectivity index (χ3v) is 3.49. The number of nitrogens with zero attached hydrogens (tertiary/aromatic N) is 3. The first kappa shape index (κ1) is 13.8. The van der Waals surface area contributed by atoms with E-state index in [2.05, 4.69) is 44.5 Å². The van der Waals surface area contributed by atoms with Crippen molar-refractivity contribution in [2.24, 2.45) is 0 Å². The average Bonchev–Trinajstić information content (AvgIpc) is 2.95. The monoisotopic (exact) mass is 301 g/mol. The van der Waals surface area contributed by atoms with E-state index in [1.807, 2.05) is 12.1 Å². The van der Waals surface area contributed by atoms with Crippen LogP contribution in [0.25, 0.3) is 11.0 Å². The number of fused-ring (bicyclic) bond motifs is 1. The summed E-state index contributed by atoms with van der Waals surface area (Å²) in [6.07, 6.45) is 5.22. The Kier molecular flexibility index (Phi) is 4.01. The lowest BCUT2D eigenvalue weighted by molar-refractivity contribution is 0.795. The van der Waals surface area contributed by atoms with Crippen LogP contribution in [0.5, 0.6) is 0 Å². The van der Waals surface area contributed by atoms with Crippen molar-refractivity contribution in [1.82, 2.24) is 20.2 Å². The number of benzene rings is 1. The van der Waals surface area contributed by atoms with E-state index in [9.17, 15) is 0 Å². The fourth-order valence-electron chi connectivity index (χ4n) is 2.18. The van der Waals surface area contributed by atoms with Gasteiger partial charge in [0.2, 0.25) is 5.28 Å². The molecule has 1 aromatic carbocycles. The van der Waals surface area contributed by atoms with Crippen molar-refractivity contribution in [2.75, 3.05) is 5.32 Å². The maximum absolute atomic E-state index is 5.92. The van der Waals surface area contributed by atoms with Gasteiger partial charge in [-0.2, -0.15) is 15.1 Å². The number of hydrogen-bond donors (Lipinski definition) is 2. The molecule has 3 rings (SSSR count). The average molecular weight is 302 g/mol. The number of unbranched alkanes of at least 4 members (excludes halogenated alkanes) is 1. The molecule has 6 heteroatoms. The molecular formula is C15H16ClN5. The van der Waals surface area contributed by atoms with Gasteiger partial charge >= 0.3 is 0 Å². The topological polar surface area (TPSA) is 66.5 Å². The molecule has 2 heterocycles. The summed E-state index contributed by atoms with van der Waals surface area (Å²) in [6, 6.07) is 8.36. The van der Waals surface area contributed by atoms with Crippen LogP contribution < -0.4 is 5.32 Å². The fourth-order valence-corrected chi connectivity index (χ4v) is 2.34. The number of aromatic amines is 1. The van der Waals surface area contributed by atoms with Gasteiger partial charge in [-0.1, -0.05) is 25.5 Å². The predicted octanol–water partition coefficient (Wildman–Crippen LogP) is 4.09. The van der Waals surface area contributed by atoms with Crippen molar-refractivity contribution in [3.05, 3.63) is 41.3 Å². The van der Waals surface area contributed by atoms with Gasteiger partial charge in [-0.3, -0.25) is 5.10 Å². The Balaban J connectivity index is 1.83. The van der Waals surface area contributed by atoms with Gasteiger partial charge in [-0.15, -0.1) is 0 Å². The van der Waals surface area contributed by atoms with Crippen LogP contribution in [-0.4, -0.2) is 20.2 Å². The zero-order chi connectivity index (χ0) is 14.7. The van der Waals surface area contributed by atoms with Crippen molar-refractivity contribution in [2.45, 2.75) is 26.2 Å². The standard InChI is InChI=1S/C15H16ClN5/c1-2-3-4-10-5-7-11(8-6-10)18-13-12-9-17-21-14(12)20-15(16)19-13/h5-9H,2-4H2,1H3,(H2,17,18,19,20,21). The van der Waals surface area contributed by atoms with E-state index < -0.39 is 0 Å². The third-order valence-electron chi connectivity index (χ3n) is 3.32. The highest BCUT2D eigenvalue weighted by atomic mass is 35.5. The number of rotatable bonds is 5. The van der Waals surface area contributed by atoms with Crippen LogP contribution in [0.2, 0.25) is 5.28 Å². The van der Waals surface area contributed by atoms with E-state index in [-0.39, 0.29) is 5.28 Å². The SMILES string of the molecule is CCCCc1ccc(Nc2nc(Cl)nc3[nH]ncc23)cc1. The molecule has 0 radical (unpaired) electrons. The molecule has 0 fully saturated rings. The fraction of sp³-hybridized carbons (Fsp3) is 0.267. The van der Waals surface area contributed by atoms with Crippen LogP contribution in [-0.2, 0) is 6.42 Å². The quantitative estimate of drug-likeness (QED) is 0.696. The first-order valence-electron chi connectivity index (χ1n) is 6.99. The molecule has 0 bridgehead atoms. The lowest BCUT2D eigenvalue weighted by Crippen LogP contribution is -1.96. The molecule has 5 nitrogen and oxygen atoms in total. The summed E-state index contributed by atoms with van der Waals surface area (Å²) in [4.78, 5) is 8.31. The highest BCUT2D eigenvalue weighted by Gasteiger charge is 2.08. The lowest BCUT2D eigenvalue weighted by Gasteiger charge is -2.08. The Morgan fingerprint density at radius 3 is 2.76 bits per heavy atom. The van der Waals surface area contributed by atoms with Crippen molar-refractivity contribution < 1.29 is 0 Å². The van der Waals surface area contributed by atoms with E-state index in [4.69, 9.17) is 11.6 Å². The Labute approximate surface area is 127 Å². The molecule has 0 saturated carbocycles. The Morgan fingerprint density at radius 1 is 1.19 bits per heavy atom. The molecule has 0 unspecified atom stereocenters. The molecule has 0 atom stereocenters. The second kappa shape index (κ2) is 6.10. The largest absolute Gasteiger partial charge is 0.339 e. The minimum Gasteiger partial charge on any atom is -0.339 e. The van der Waals surface area contributed by atoms with Gasteiger partial charge in [-0.25, -0.2) is 0 Å². The first-order chi connectivity index (χ1) is 10.3. The second-order valence-corrected chi connectivity index (χ2v) is 5.24. The molecule has 0 aliphatic rings. The van der Waals surface area contributed by atoms with E-state index in [1.54, 1.807) is 6.20 Å². The normalized spacial score (nSPS) is 11.0. The van der Waals surface area contributed by atoms with Crippen molar-refractivity contribution in [1.29, 1.82) is 0 Å². The Bertz CT molecular complexity index is 735. The summed E-state index contributed by atoms with van der Waals surface area (Å²) in [7, 11) is 0. The van der Waals surface area contributed by atoms with Crippen LogP contribution in [0, 0.1) is 0 Å². The van der Waals surface area contributed by atoms with Gasteiger partial charge in [0.15, 0.2) is 5.65 Å². The van der Waals surface area contributed by atoms with Crippen molar-refractivity contribution in [3.8, 4) is 0 Å². The molecule has 21 heavy (non-hydrogen) atoms. The van der Waals surface area contributed by atoms with Crippen LogP contribution in [0.4, 0.5) is 11.5 Å². The molecule has 0 saturated heterocycles. The van der Waals surface area contributed by atoms with Gasteiger partial charge in [0.25, 0.3) is 0 Å². The van der Waals surface area contributed by atoms with Gasteiger partial charge in [0.05, 0.1) is 11.6 Å². The van der Waals surface area contributed by atoms with Gasteiger partial charge in [-0.05, 0) is 42.1 Å². The van der Waals surface area contributed by atoms with Gasteiger partial charge < -0.3 is 5.32 Å². The number of H-pyrrole nitrogens is 1. The van der Waals surface area contributed by atoms with E-state index in [1.165, 1.54) is 18.4 Å². The summed E-state index contributed by atoms with van der Waals surface area (Å²) in [6.45, 7) is 2.20. The molecule has 3 aromatic rings. The number of anilines is 2. The molecule has 0 aliphatic carbocycles. The minimum absolute atomic E-state index is 0.189. The molecule has 0 aliphatic heterocycles. The van der Waals surface area contributed by atoms with Crippen molar-refractivity contribution in [3.63, 3.8) is 0 Å². The zero-order valence-corrected chi connectivity index (χ0v) is 12.5. The van der Waals surface area contributed by atoms with Crippen LogP contribution in [0.1, 0.15) is 25.3 Å². The molecule has 0 spiro atoms. The summed E-state index contributed by atoms with van der Waals surface area (Å²) >= 11 is 5.92. The molecule has 2 aromatic heterocycles. The molecular weight excluding hydrogens is 286 g/mol. The number of nitrogens with one attached hydrogen (secondary N) is 2. The van der Waals surface area contributed by atoms with Crippen LogP contribution >= 0.6 is 11.6 Å². The van der Waals surface area contributed by atoms with Crippen LogP contribution in [0.15, 0.2) is 30.5 Å². The lowest BCUT2D eigenvalue weighted by atomic mass is 10.1. The van der Waals surface area contributed by atoms with E-state index in [0.29, 0.717) is 11.5 Å². The van der Waals surface area contributed by atoms with Crippen molar-refractivity contribution >= 4 is 34.1 Å². The second-order valence-electron chi connectivity index (χ2n) is 4.90. The maximum atomic E-state index is 5.92.